The van der Waals surface area contributed by atoms with Crippen LogP contribution in [0.3, 0.4) is 0 Å². The molecule has 150 valence electrons. The number of ether oxygens (including phenoxy) is 2. The first-order valence-corrected chi connectivity index (χ1v) is 10.9. The Morgan fingerprint density at radius 1 is 1.30 bits per heavy atom. The lowest BCUT2D eigenvalue weighted by atomic mass is 10.2. The lowest BCUT2D eigenvalue weighted by Gasteiger charge is -2.22. The minimum absolute atomic E-state index is 0.00797. The van der Waals surface area contributed by atoms with Gasteiger partial charge in [0.2, 0.25) is 10.0 Å². The highest BCUT2D eigenvalue weighted by Crippen LogP contribution is 2.30. The Bertz CT molecular complexity index is 885. The third-order valence-electron chi connectivity index (χ3n) is 4.46. The molecule has 0 saturated carbocycles. The number of nitrogens with zero attached hydrogens (tertiary/aromatic N) is 2. The molecule has 2 aromatic heterocycles. The second-order valence-corrected chi connectivity index (χ2v) is 8.97. The number of rotatable bonds is 9. The van der Waals surface area contributed by atoms with E-state index in [4.69, 9.17) is 9.47 Å². The fraction of sp³-hybridized carbons (Fsp3) is 0.500. The zero-order chi connectivity index (χ0) is 20.2. The lowest BCUT2D eigenvalue weighted by Crippen LogP contribution is -2.34. The van der Waals surface area contributed by atoms with Gasteiger partial charge in [-0.15, -0.1) is 11.3 Å². The molecule has 0 aliphatic rings. The summed E-state index contributed by atoms with van der Waals surface area (Å²) < 4.78 is 40.3. The number of carbonyl (C=O) groups is 1. The van der Waals surface area contributed by atoms with Gasteiger partial charge in [0, 0.05) is 43.5 Å². The summed E-state index contributed by atoms with van der Waals surface area (Å²) in [4.78, 5) is 13.4. The summed E-state index contributed by atoms with van der Waals surface area (Å²) in [7, 11) is -0.670. The fourth-order valence-corrected chi connectivity index (χ4v) is 5.54. The molecule has 0 N–H and O–H groups in total. The number of thiophene rings is 1. The van der Waals surface area contributed by atoms with Gasteiger partial charge in [0.05, 0.1) is 13.2 Å². The molecule has 0 aliphatic heterocycles. The van der Waals surface area contributed by atoms with Crippen LogP contribution >= 0.6 is 11.3 Å². The van der Waals surface area contributed by atoms with E-state index in [1.165, 1.54) is 22.8 Å². The molecular weight excluding hydrogens is 388 g/mol. The van der Waals surface area contributed by atoms with Gasteiger partial charge >= 0.3 is 5.97 Å². The second-order valence-electron chi connectivity index (χ2n) is 6.07. The molecule has 2 heterocycles. The minimum atomic E-state index is -3.94. The lowest BCUT2D eigenvalue weighted by molar-refractivity contribution is 0.0521. The molecule has 7 nitrogen and oxygen atoms in total. The van der Waals surface area contributed by atoms with Crippen LogP contribution in [0.15, 0.2) is 22.4 Å². The van der Waals surface area contributed by atoms with Gasteiger partial charge in [-0.2, -0.15) is 4.31 Å². The smallest absolute Gasteiger partial charge is 0.341 e. The molecule has 0 unspecified atom stereocenters. The van der Waals surface area contributed by atoms with Gasteiger partial charge in [-0.3, -0.25) is 0 Å². The number of hydrogen-bond acceptors (Lipinski definition) is 6. The molecule has 2 rings (SSSR count). The number of methoxy groups -OCH3 is 1. The maximum Gasteiger partial charge on any atom is 0.341 e. The van der Waals surface area contributed by atoms with E-state index < -0.39 is 16.0 Å². The van der Waals surface area contributed by atoms with E-state index in [2.05, 4.69) is 0 Å². The summed E-state index contributed by atoms with van der Waals surface area (Å²) >= 11 is 1.48. The number of carbonyl (C=O) groups excluding carboxylic acids is 1. The molecule has 0 amide bonds. The van der Waals surface area contributed by atoms with Crippen molar-refractivity contribution in [2.24, 2.45) is 7.05 Å². The van der Waals surface area contributed by atoms with Crippen molar-refractivity contribution in [3.63, 3.8) is 0 Å². The Hall–Kier alpha value is -1.68. The molecule has 0 radical (unpaired) electrons. The van der Waals surface area contributed by atoms with Gasteiger partial charge in [-0.1, -0.05) is 6.07 Å². The first-order chi connectivity index (χ1) is 12.8. The maximum atomic E-state index is 13.5. The zero-order valence-electron chi connectivity index (χ0n) is 16.3. The van der Waals surface area contributed by atoms with Gasteiger partial charge in [-0.05, 0) is 32.2 Å². The van der Waals surface area contributed by atoms with Gasteiger partial charge in [0.25, 0.3) is 0 Å². The Labute approximate surface area is 164 Å². The number of aromatic nitrogens is 1. The molecule has 0 bridgehead atoms. The Morgan fingerprint density at radius 3 is 2.56 bits per heavy atom. The van der Waals surface area contributed by atoms with Crippen molar-refractivity contribution in [2.45, 2.75) is 32.2 Å². The normalized spacial score (nSPS) is 11.9. The van der Waals surface area contributed by atoms with Crippen LogP contribution < -0.4 is 0 Å². The minimum Gasteiger partial charge on any atom is -0.462 e. The summed E-state index contributed by atoms with van der Waals surface area (Å²) in [6, 6.07) is 3.76. The Balaban J connectivity index is 2.57. The molecule has 0 spiro atoms. The second kappa shape index (κ2) is 9.01. The van der Waals surface area contributed by atoms with Crippen LogP contribution in [-0.4, -0.2) is 50.1 Å². The molecule has 0 aromatic carbocycles. The van der Waals surface area contributed by atoms with Crippen LogP contribution in [-0.2, 0) is 33.1 Å². The average molecular weight is 415 g/mol. The van der Waals surface area contributed by atoms with Gasteiger partial charge in [-0.25, -0.2) is 13.2 Å². The van der Waals surface area contributed by atoms with Crippen LogP contribution in [0.25, 0.3) is 0 Å². The van der Waals surface area contributed by atoms with Crippen molar-refractivity contribution in [3.05, 3.63) is 39.3 Å². The van der Waals surface area contributed by atoms with Crippen LogP contribution in [0.5, 0.6) is 0 Å². The highest BCUT2D eigenvalue weighted by Gasteiger charge is 2.35. The first-order valence-electron chi connectivity index (χ1n) is 8.60. The van der Waals surface area contributed by atoms with Gasteiger partial charge in [0.15, 0.2) is 0 Å². The quantitative estimate of drug-likeness (QED) is 0.590. The van der Waals surface area contributed by atoms with Crippen molar-refractivity contribution in [3.8, 4) is 0 Å². The van der Waals surface area contributed by atoms with Gasteiger partial charge in [0.1, 0.15) is 10.5 Å². The predicted molar refractivity (Wildman–Crippen MR) is 105 cm³/mol. The fourth-order valence-electron chi connectivity index (χ4n) is 2.86. The van der Waals surface area contributed by atoms with Gasteiger partial charge < -0.3 is 14.0 Å². The molecular formula is C18H26N2O5S2. The van der Waals surface area contributed by atoms with Crippen molar-refractivity contribution >= 4 is 27.3 Å². The SMILES string of the molecule is CCOC(=O)c1c(S(=O)(=O)N(CCOC)Cc2cccs2)c(C)n(C)c1C. The van der Waals surface area contributed by atoms with Crippen LogP contribution in [0.2, 0.25) is 0 Å². The van der Waals surface area contributed by atoms with Crippen molar-refractivity contribution in [1.29, 1.82) is 0 Å². The Morgan fingerprint density at radius 2 is 2.00 bits per heavy atom. The average Bonchev–Trinajstić information content (AvgIpc) is 3.21. The number of sulfonamides is 1. The largest absolute Gasteiger partial charge is 0.462 e. The van der Waals surface area contributed by atoms with E-state index in [9.17, 15) is 13.2 Å². The molecule has 0 aliphatic carbocycles. The van der Waals surface area contributed by atoms with E-state index >= 15 is 0 Å². The monoisotopic (exact) mass is 414 g/mol. The summed E-state index contributed by atoms with van der Waals surface area (Å²) in [6.07, 6.45) is 0. The molecule has 9 heteroatoms. The van der Waals surface area contributed by atoms with E-state index in [0.717, 1.165) is 4.88 Å². The third-order valence-corrected chi connectivity index (χ3v) is 7.33. The topological polar surface area (TPSA) is 77.8 Å². The predicted octanol–water partition coefficient (Wildman–Crippen LogP) is 2.72. The van der Waals surface area contributed by atoms with E-state index in [1.807, 2.05) is 17.5 Å². The maximum absolute atomic E-state index is 13.5. The summed E-state index contributed by atoms with van der Waals surface area (Å²) in [5.74, 6) is -0.625. The standard InChI is InChI=1S/C18H26N2O5S2/c1-6-25-18(21)16-13(2)19(4)14(3)17(16)27(22,23)20(9-10-24-5)12-15-8-7-11-26-15/h7-8,11H,6,9-10,12H2,1-5H3. The first kappa shape index (κ1) is 21.6. The van der Waals surface area contributed by atoms with E-state index in [1.54, 1.807) is 32.4 Å². The summed E-state index contributed by atoms with van der Waals surface area (Å²) in [6.45, 7) is 5.95. The Kier molecular flexibility index (Phi) is 7.21. The van der Waals surface area contributed by atoms with Crippen molar-refractivity contribution in [1.82, 2.24) is 8.87 Å². The number of esters is 1. The van der Waals surface area contributed by atoms with Crippen LogP contribution in [0, 0.1) is 13.8 Å². The van der Waals surface area contributed by atoms with E-state index in [-0.39, 0.29) is 36.8 Å². The number of hydrogen-bond donors (Lipinski definition) is 0. The summed E-state index contributed by atoms with van der Waals surface area (Å²) in [5.41, 5.74) is 1.17. The summed E-state index contributed by atoms with van der Waals surface area (Å²) in [5, 5.41) is 1.90. The molecule has 0 saturated heterocycles. The highest BCUT2D eigenvalue weighted by atomic mass is 32.2. The highest BCUT2D eigenvalue weighted by molar-refractivity contribution is 7.89. The van der Waals surface area contributed by atoms with Crippen molar-refractivity contribution in [2.75, 3.05) is 26.9 Å². The van der Waals surface area contributed by atoms with E-state index in [0.29, 0.717) is 11.4 Å². The molecule has 2 aromatic rings. The molecule has 0 atom stereocenters. The van der Waals surface area contributed by atoms with Crippen molar-refractivity contribution < 1.29 is 22.7 Å². The third kappa shape index (κ3) is 4.43. The molecule has 0 fully saturated rings. The molecule has 27 heavy (non-hydrogen) atoms. The van der Waals surface area contributed by atoms with Crippen LogP contribution in [0.4, 0.5) is 0 Å². The zero-order valence-corrected chi connectivity index (χ0v) is 17.9. The van der Waals surface area contributed by atoms with Crippen LogP contribution in [0.1, 0.15) is 33.5 Å².